The van der Waals surface area contributed by atoms with Gasteiger partial charge < -0.3 is 14.2 Å². The van der Waals surface area contributed by atoms with E-state index in [9.17, 15) is 9.59 Å². The number of nitrogens with zero attached hydrogens (tertiary/aromatic N) is 1. The van der Waals surface area contributed by atoms with E-state index in [4.69, 9.17) is 9.47 Å². The topological polar surface area (TPSA) is 86.8 Å². The number of nitrogens with one attached hydrogen (secondary N) is 1. The van der Waals surface area contributed by atoms with Gasteiger partial charge in [-0.25, -0.2) is 4.98 Å². The number of rotatable bonds is 10. The van der Waals surface area contributed by atoms with Crippen LogP contribution in [0, 0.1) is 0 Å². The molecule has 3 aromatic rings. The molecule has 32 heavy (non-hydrogen) atoms. The first-order valence-electron chi connectivity index (χ1n) is 10.0. The molecule has 0 aliphatic rings. The third-order valence-electron chi connectivity index (χ3n) is 4.27. The fourth-order valence-electron chi connectivity index (χ4n) is 2.74. The molecule has 8 heteroatoms. The third-order valence-corrected chi connectivity index (χ3v) is 5.07. The largest absolute Gasteiger partial charge is 0.490 e. The van der Waals surface area contributed by atoms with Crippen LogP contribution in [0.5, 0.6) is 11.5 Å². The number of esters is 1. The third kappa shape index (κ3) is 6.95. The number of aromatic nitrogens is 1. The van der Waals surface area contributed by atoms with E-state index >= 15 is 0 Å². The van der Waals surface area contributed by atoms with E-state index in [1.807, 2.05) is 55.5 Å². The van der Waals surface area contributed by atoms with E-state index in [2.05, 4.69) is 15.0 Å². The summed E-state index contributed by atoms with van der Waals surface area (Å²) in [6.45, 7) is 2.83. The van der Waals surface area contributed by atoms with Crippen molar-refractivity contribution in [2.45, 2.75) is 20.0 Å². The Hall–Kier alpha value is -3.65. The predicted octanol–water partition coefficient (Wildman–Crippen LogP) is 4.49. The highest BCUT2D eigenvalue weighted by Crippen LogP contribution is 2.30. The van der Waals surface area contributed by atoms with Gasteiger partial charge in [-0.05, 0) is 36.3 Å². The van der Waals surface area contributed by atoms with Crippen LogP contribution >= 0.6 is 11.3 Å². The summed E-state index contributed by atoms with van der Waals surface area (Å²) in [6, 6.07) is 15.4. The van der Waals surface area contributed by atoms with Gasteiger partial charge in [-0.2, -0.15) is 0 Å². The van der Waals surface area contributed by atoms with Gasteiger partial charge in [-0.3, -0.25) is 14.9 Å². The molecule has 0 saturated carbocycles. The summed E-state index contributed by atoms with van der Waals surface area (Å²) in [4.78, 5) is 27.7. The maximum absolute atomic E-state index is 12.2. The van der Waals surface area contributed by atoms with E-state index in [1.54, 1.807) is 11.5 Å². The molecular formula is C24H24N2O5S. The fraction of sp³-hybridized carbons (Fsp3) is 0.208. The Kier molecular flexibility index (Phi) is 8.39. The highest BCUT2D eigenvalue weighted by molar-refractivity contribution is 7.14. The first-order chi connectivity index (χ1) is 15.6. The Labute approximate surface area is 190 Å². The Bertz CT molecular complexity index is 1080. The average Bonchev–Trinajstić information content (AvgIpc) is 3.24. The molecule has 0 radical (unpaired) electrons. The lowest BCUT2D eigenvalue weighted by atomic mass is 10.2. The number of methoxy groups -OCH3 is 1. The Morgan fingerprint density at radius 3 is 2.66 bits per heavy atom. The number of hydrogen-bond acceptors (Lipinski definition) is 7. The number of carbonyl (C=O) groups excluding carboxylic acids is 2. The van der Waals surface area contributed by atoms with Crippen molar-refractivity contribution in [3.63, 3.8) is 0 Å². The van der Waals surface area contributed by atoms with E-state index in [0.29, 0.717) is 35.5 Å². The maximum atomic E-state index is 12.2. The lowest BCUT2D eigenvalue weighted by molar-refractivity contribution is -0.139. The van der Waals surface area contributed by atoms with Crippen LogP contribution in [0.3, 0.4) is 0 Å². The Balaban J connectivity index is 1.61. The summed E-state index contributed by atoms with van der Waals surface area (Å²) >= 11 is 1.25. The summed E-state index contributed by atoms with van der Waals surface area (Å²) in [7, 11) is 1.32. The summed E-state index contributed by atoms with van der Waals surface area (Å²) in [6.07, 6.45) is 3.16. The maximum Gasteiger partial charge on any atom is 0.311 e. The van der Waals surface area contributed by atoms with Crippen molar-refractivity contribution in [1.82, 2.24) is 4.98 Å². The van der Waals surface area contributed by atoms with Crippen LogP contribution in [0.25, 0.3) is 6.08 Å². The summed E-state index contributed by atoms with van der Waals surface area (Å²) in [5.41, 5.74) is 2.40. The Morgan fingerprint density at radius 2 is 1.91 bits per heavy atom. The van der Waals surface area contributed by atoms with Crippen molar-refractivity contribution >= 4 is 34.4 Å². The van der Waals surface area contributed by atoms with E-state index < -0.39 is 0 Å². The molecule has 1 amide bonds. The van der Waals surface area contributed by atoms with Crippen LogP contribution in [0.1, 0.15) is 23.7 Å². The first kappa shape index (κ1) is 23.0. The number of amides is 1. The molecule has 166 valence electrons. The summed E-state index contributed by atoms with van der Waals surface area (Å²) in [5, 5.41) is 4.81. The number of hydrogen-bond donors (Lipinski definition) is 1. The minimum Gasteiger partial charge on any atom is -0.490 e. The van der Waals surface area contributed by atoms with Gasteiger partial charge in [0, 0.05) is 11.5 Å². The second-order valence-corrected chi connectivity index (χ2v) is 7.49. The lowest BCUT2D eigenvalue weighted by Gasteiger charge is -2.12. The second kappa shape index (κ2) is 11.7. The van der Waals surface area contributed by atoms with Crippen molar-refractivity contribution in [3.05, 3.63) is 76.8 Å². The van der Waals surface area contributed by atoms with Crippen molar-refractivity contribution < 1.29 is 23.8 Å². The SMILES string of the molecule is CCOc1cc(/C=C/C(=O)Nc2nc(CC(=O)OC)cs2)ccc1OCc1ccccc1. The van der Waals surface area contributed by atoms with Crippen molar-refractivity contribution in [2.75, 3.05) is 19.0 Å². The summed E-state index contributed by atoms with van der Waals surface area (Å²) < 4.78 is 16.2. The molecule has 7 nitrogen and oxygen atoms in total. The lowest BCUT2D eigenvalue weighted by Crippen LogP contribution is -2.08. The highest BCUT2D eigenvalue weighted by atomic mass is 32.1. The molecule has 0 saturated heterocycles. The van der Waals surface area contributed by atoms with Crippen LogP contribution in [-0.2, 0) is 27.4 Å². The molecule has 0 bridgehead atoms. The number of benzene rings is 2. The molecule has 3 rings (SSSR count). The number of anilines is 1. The second-order valence-electron chi connectivity index (χ2n) is 6.63. The molecule has 1 N–H and O–H groups in total. The predicted molar refractivity (Wildman–Crippen MR) is 124 cm³/mol. The van der Waals surface area contributed by atoms with Gasteiger partial charge in [0.05, 0.1) is 25.8 Å². The fourth-order valence-corrected chi connectivity index (χ4v) is 3.45. The average molecular weight is 453 g/mol. The molecule has 0 unspecified atom stereocenters. The molecular weight excluding hydrogens is 428 g/mol. The van der Waals surface area contributed by atoms with Gasteiger partial charge in [-0.1, -0.05) is 36.4 Å². The van der Waals surface area contributed by atoms with Crippen LogP contribution in [-0.4, -0.2) is 30.6 Å². The standard InChI is InChI=1S/C24H24N2O5S/c1-3-30-21-13-17(9-11-20(21)31-15-18-7-5-4-6-8-18)10-12-22(27)26-24-25-19(16-32-24)14-23(28)29-2/h4-13,16H,3,14-15H2,1-2H3,(H,25,26,27)/b12-10+. The van der Waals surface area contributed by atoms with E-state index in [0.717, 1.165) is 11.1 Å². The van der Waals surface area contributed by atoms with Gasteiger partial charge in [0.2, 0.25) is 5.91 Å². The molecule has 0 aliphatic heterocycles. The first-order valence-corrected chi connectivity index (χ1v) is 10.9. The van der Waals surface area contributed by atoms with Crippen LogP contribution < -0.4 is 14.8 Å². The minimum absolute atomic E-state index is 0.0671. The highest BCUT2D eigenvalue weighted by Gasteiger charge is 2.09. The molecule has 1 heterocycles. The van der Waals surface area contributed by atoms with Crippen molar-refractivity contribution in [3.8, 4) is 11.5 Å². The zero-order valence-corrected chi connectivity index (χ0v) is 18.7. The monoisotopic (exact) mass is 452 g/mol. The van der Waals surface area contributed by atoms with E-state index in [1.165, 1.54) is 24.5 Å². The van der Waals surface area contributed by atoms with Gasteiger partial charge in [-0.15, -0.1) is 11.3 Å². The minimum atomic E-state index is -0.380. The quantitative estimate of drug-likeness (QED) is 0.360. The Morgan fingerprint density at radius 1 is 1.09 bits per heavy atom. The molecule has 1 aromatic heterocycles. The zero-order chi connectivity index (χ0) is 22.8. The number of ether oxygens (including phenoxy) is 3. The van der Waals surface area contributed by atoms with Crippen LogP contribution in [0.4, 0.5) is 5.13 Å². The zero-order valence-electron chi connectivity index (χ0n) is 17.9. The smallest absolute Gasteiger partial charge is 0.311 e. The van der Waals surface area contributed by atoms with Crippen molar-refractivity contribution in [1.29, 1.82) is 0 Å². The normalized spacial score (nSPS) is 10.7. The molecule has 0 spiro atoms. The molecule has 0 atom stereocenters. The molecule has 0 aliphatic carbocycles. The van der Waals surface area contributed by atoms with Gasteiger partial charge in [0.25, 0.3) is 0 Å². The summed E-state index contributed by atoms with van der Waals surface area (Å²) in [5.74, 6) is 0.539. The molecule has 2 aromatic carbocycles. The van der Waals surface area contributed by atoms with Crippen LogP contribution in [0.2, 0.25) is 0 Å². The number of thiazole rings is 1. The van der Waals surface area contributed by atoms with Crippen molar-refractivity contribution in [2.24, 2.45) is 0 Å². The van der Waals surface area contributed by atoms with Gasteiger partial charge >= 0.3 is 5.97 Å². The molecule has 0 fully saturated rings. The number of carbonyl (C=O) groups is 2. The van der Waals surface area contributed by atoms with Gasteiger partial charge in [0.1, 0.15) is 6.61 Å². The van der Waals surface area contributed by atoms with Gasteiger partial charge in [0.15, 0.2) is 16.6 Å². The van der Waals surface area contributed by atoms with E-state index in [-0.39, 0.29) is 18.3 Å². The van der Waals surface area contributed by atoms with Crippen LogP contribution in [0.15, 0.2) is 60.0 Å².